The first-order valence-corrected chi connectivity index (χ1v) is 6.51. The number of anilines is 1. The molecule has 0 saturated heterocycles. The lowest BCUT2D eigenvalue weighted by molar-refractivity contribution is 0.368. The monoisotopic (exact) mass is 317 g/mol. The molecule has 1 aromatic heterocycles. The molecule has 0 aliphatic rings. The van der Waals surface area contributed by atoms with E-state index in [0.717, 1.165) is 15.9 Å². The van der Waals surface area contributed by atoms with Crippen molar-refractivity contribution < 1.29 is 4.74 Å². The third-order valence-electron chi connectivity index (χ3n) is 2.40. The molecule has 1 N–H and O–H groups in total. The highest BCUT2D eigenvalue weighted by Gasteiger charge is 1.98. The highest BCUT2D eigenvalue weighted by atomic mass is 79.9. The molecule has 0 saturated carbocycles. The van der Waals surface area contributed by atoms with E-state index >= 15 is 0 Å². The summed E-state index contributed by atoms with van der Waals surface area (Å²) in [4.78, 5) is 4.28. The Morgan fingerprint density at radius 2 is 2.21 bits per heavy atom. The second-order valence-electron chi connectivity index (χ2n) is 3.80. The van der Waals surface area contributed by atoms with Crippen LogP contribution in [-0.2, 0) is 6.54 Å². The van der Waals surface area contributed by atoms with Crippen LogP contribution < -0.4 is 10.1 Å². The normalized spacial score (nSPS) is 9.68. The van der Waals surface area contributed by atoms with Gasteiger partial charge in [-0.2, -0.15) is 5.26 Å². The summed E-state index contributed by atoms with van der Waals surface area (Å²) in [5.41, 5.74) is 1.88. The summed E-state index contributed by atoms with van der Waals surface area (Å²) in [5, 5.41) is 11.7. The first-order chi connectivity index (χ1) is 9.28. The van der Waals surface area contributed by atoms with E-state index in [4.69, 9.17) is 10.00 Å². The Balaban J connectivity index is 1.95. The maximum absolute atomic E-state index is 8.47. The molecule has 2 aromatic rings. The van der Waals surface area contributed by atoms with Crippen molar-refractivity contribution in [3.8, 4) is 11.8 Å². The van der Waals surface area contributed by atoms with Gasteiger partial charge in [-0.25, -0.2) is 0 Å². The molecule has 0 aliphatic carbocycles. The van der Waals surface area contributed by atoms with Crippen molar-refractivity contribution in [2.45, 2.75) is 6.54 Å². The highest BCUT2D eigenvalue weighted by molar-refractivity contribution is 9.10. The number of nitriles is 1. The maximum Gasteiger partial charge on any atom is 0.174 e. The van der Waals surface area contributed by atoms with Gasteiger partial charge < -0.3 is 10.1 Å². The van der Waals surface area contributed by atoms with Gasteiger partial charge in [0.1, 0.15) is 11.8 Å². The highest BCUT2D eigenvalue weighted by Crippen LogP contribution is 2.18. The molecular weight excluding hydrogens is 306 g/mol. The molecule has 96 valence electrons. The van der Waals surface area contributed by atoms with E-state index in [9.17, 15) is 0 Å². The first kappa shape index (κ1) is 13.4. The van der Waals surface area contributed by atoms with Crippen LogP contribution in [0.5, 0.6) is 5.75 Å². The van der Waals surface area contributed by atoms with Crippen molar-refractivity contribution in [2.75, 3.05) is 11.9 Å². The predicted octanol–water partition coefficient (Wildman–Crippen LogP) is 3.36. The van der Waals surface area contributed by atoms with Gasteiger partial charge in [-0.05, 0) is 40.2 Å². The van der Waals surface area contributed by atoms with E-state index in [-0.39, 0.29) is 6.61 Å². The minimum atomic E-state index is 0.0533. The number of nitrogens with zero attached hydrogens (tertiary/aromatic N) is 2. The molecular formula is C14H12BrN3O. The summed E-state index contributed by atoms with van der Waals surface area (Å²) in [7, 11) is 0. The van der Waals surface area contributed by atoms with Gasteiger partial charge in [0.15, 0.2) is 6.61 Å². The van der Waals surface area contributed by atoms with E-state index in [1.54, 1.807) is 6.20 Å². The molecule has 1 heterocycles. The quantitative estimate of drug-likeness (QED) is 0.918. The Kier molecular flexibility index (Phi) is 4.76. The second kappa shape index (κ2) is 6.76. The van der Waals surface area contributed by atoms with Gasteiger partial charge in [-0.15, -0.1) is 0 Å². The summed E-state index contributed by atoms with van der Waals surface area (Å²) in [6.45, 7) is 0.687. The Labute approximate surface area is 120 Å². The second-order valence-corrected chi connectivity index (χ2v) is 4.71. The SMILES string of the molecule is N#CCOc1cccc(NCc2ccc(Br)cn2)c1. The Morgan fingerprint density at radius 1 is 1.32 bits per heavy atom. The number of rotatable bonds is 5. The fourth-order valence-electron chi connectivity index (χ4n) is 1.52. The lowest BCUT2D eigenvalue weighted by atomic mass is 10.3. The zero-order valence-electron chi connectivity index (χ0n) is 10.1. The van der Waals surface area contributed by atoms with Gasteiger partial charge in [0, 0.05) is 22.4 Å². The third-order valence-corrected chi connectivity index (χ3v) is 2.87. The Bertz CT molecular complexity index is 578. The van der Waals surface area contributed by atoms with Crippen LogP contribution in [-0.4, -0.2) is 11.6 Å². The molecule has 2 rings (SSSR count). The van der Waals surface area contributed by atoms with Crippen LogP contribution in [0.25, 0.3) is 0 Å². The van der Waals surface area contributed by atoms with Crippen molar-refractivity contribution in [3.63, 3.8) is 0 Å². The average Bonchev–Trinajstić information content (AvgIpc) is 2.45. The fourth-order valence-corrected chi connectivity index (χ4v) is 1.75. The van der Waals surface area contributed by atoms with Crippen molar-refractivity contribution in [1.29, 1.82) is 5.26 Å². The molecule has 0 fully saturated rings. The first-order valence-electron chi connectivity index (χ1n) is 5.72. The van der Waals surface area contributed by atoms with Crippen molar-refractivity contribution in [1.82, 2.24) is 4.98 Å². The summed E-state index contributed by atoms with van der Waals surface area (Å²) in [6, 6.07) is 13.3. The smallest absolute Gasteiger partial charge is 0.174 e. The molecule has 0 aliphatic heterocycles. The third kappa shape index (κ3) is 4.27. The molecule has 5 heteroatoms. The number of halogens is 1. The van der Waals surface area contributed by atoms with Gasteiger partial charge in [-0.1, -0.05) is 6.07 Å². The lowest BCUT2D eigenvalue weighted by Gasteiger charge is -2.08. The standard InChI is InChI=1S/C14H12BrN3O/c15-11-4-5-13(17-9-11)10-18-12-2-1-3-14(8-12)19-7-6-16/h1-5,8-9,18H,7,10H2. The summed E-state index contributed by atoms with van der Waals surface area (Å²) < 4.78 is 6.20. The van der Waals surface area contributed by atoms with Gasteiger partial charge in [0.2, 0.25) is 0 Å². The lowest BCUT2D eigenvalue weighted by Crippen LogP contribution is -2.01. The molecule has 0 atom stereocenters. The van der Waals surface area contributed by atoms with Crippen molar-refractivity contribution in [2.24, 2.45) is 0 Å². The van der Waals surface area contributed by atoms with Crippen molar-refractivity contribution in [3.05, 3.63) is 52.8 Å². The number of ether oxygens (including phenoxy) is 1. The van der Waals surface area contributed by atoms with Crippen LogP contribution >= 0.6 is 15.9 Å². The number of hydrogen-bond donors (Lipinski definition) is 1. The van der Waals surface area contributed by atoms with E-state index in [0.29, 0.717) is 12.3 Å². The minimum Gasteiger partial charge on any atom is -0.479 e. The average molecular weight is 318 g/mol. The Morgan fingerprint density at radius 3 is 2.95 bits per heavy atom. The summed E-state index contributed by atoms with van der Waals surface area (Å²) in [6.07, 6.45) is 1.77. The van der Waals surface area contributed by atoms with E-state index in [1.165, 1.54) is 0 Å². The van der Waals surface area contributed by atoms with Gasteiger partial charge in [-0.3, -0.25) is 4.98 Å². The Hall–Kier alpha value is -2.06. The minimum absolute atomic E-state index is 0.0533. The van der Waals surface area contributed by atoms with E-state index < -0.39 is 0 Å². The number of hydrogen-bond acceptors (Lipinski definition) is 4. The predicted molar refractivity (Wildman–Crippen MR) is 76.8 cm³/mol. The molecule has 4 nitrogen and oxygen atoms in total. The molecule has 0 spiro atoms. The van der Waals surface area contributed by atoms with Gasteiger partial charge >= 0.3 is 0 Å². The zero-order chi connectivity index (χ0) is 13.5. The number of nitrogens with one attached hydrogen (secondary N) is 1. The topological polar surface area (TPSA) is 57.9 Å². The van der Waals surface area contributed by atoms with Crippen LogP contribution in [0.1, 0.15) is 5.69 Å². The zero-order valence-corrected chi connectivity index (χ0v) is 11.7. The fraction of sp³-hybridized carbons (Fsp3) is 0.143. The molecule has 0 bridgehead atoms. The summed E-state index contributed by atoms with van der Waals surface area (Å²) in [5.74, 6) is 0.676. The summed E-state index contributed by atoms with van der Waals surface area (Å²) >= 11 is 3.35. The molecule has 0 unspecified atom stereocenters. The van der Waals surface area contributed by atoms with Crippen LogP contribution in [0.4, 0.5) is 5.69 Å². The largest absolute Gasteiger partial charge is 0.479 e. The van der Waals surface area contributed by atoms with Crippen LogP contribution in [0.2, 0.25) is 0 Å². The van der Waals surface area contributed by atoms with Crippen molar-refractivity contribution >= 4 is 21.6 Å². The molecule has 0 radical (unpaired) electrons. The molecule has 1 aromatic carbocycles. The van der Waals surface area contributed by atoms with E-state index in [1.807, 2.05) is 42.5 Å². The number of benzene rings is 1. The number of aromatic nitrogens is 1. The van der Waals surface area contributed by atoms with Gasteiger partial charge in [0.25, 0.3) is 0 Å². The van der Waals surface area contributed by atoms with Crippen LogP contribution in [0.3, 0.4) is 0 Å². The molecule has 19 heavy (non-hydrogen) atoms. The van der Waals surface area contributed by atoms with E-state index in [2.05, 4.69) is 26.2 Å². The number of pyridine rings is 1. The van der Waals surface area contributed by atoms with Crippen LogP contribution in [0, 0.1) is 11.3 Å². The molecule has 0 amide bonds. The van der Waals surface area contributed by atoms with Gasteiger partial charge in [0.05, 0.1) is 12.2 Å². The van der Waals surface area contributed by atoms with Crippen LogP contribution in [0.15, 0.2) is 47.1 Å². The maximum atomic E-state index is 8.47.